The predicted molar refractivity (Wildman–Crippen MR) is 126 cm³/mol. The third-order valence-corrected chi connectivity index (χ3v) is 4.84. The molecule has 7 heteroatoms. The van der Waals surface area contributed by atoms with Crippen LogP contribution >= 0.6 is 0 Å². The van der Waals surface area contributed by atoms with Crippen molar-refractivity contribution in [3.05, 3.63) is 42.0 Å². The number of hydrogen-bond acceptors (Lipinski definition) is 3. The summed E-state index contributed by atoms with van der Waals surface area (Å²) in [6, 6.07) is 6.36. The summed E-state index contributed by atoms with van der Waals surface area (Å²) in [4.78, 5) is 20.7. The summed E-state index contributed by atoms with van der Waals surface area (Å²) in [6.45, 7) is 2.26. The van der Waals surface area contributed by atoms with E-state index >= 15 is 0 Å². The number of carboxylic acids is 2. The van der Waals surface area contributed by atoms with Crippen molar-refractivity contribution in [1.82, 2.24) is 0 Å². The Kier molecular flexibility index (Phi) is 30.9. The van der Waals surface area contributed by atoms with Gasteiger partial charge in [0.25, 0.3) is 0 Å². The molecule has 1 radical (unpaired) electrons. The molecule has 0 atom stereocenters. The number of hydrogen-bond donors (Lipinski definition) is 3. The fourth-order valence-corrected chi connectivity index (χ4v) is 3.04. The van der Waals surface area contributed by atoms with Gasteiger partial charge in [0.1, 0.15) is 0 Å². The zero-order chi connectivity index (χ0) is 22.5. The molecule has 0 saturated carbocycles. The van der Waals surface area contributed by atoms with Crippen molar-refractivity contribution in [3.8, 4) is 0 Å². The molecule has 183 valence electrons. The third-order valence-electron chi connectivity index (χ3n) is 4.84. The Balaban J connectivity index is -0.000000275. The van der Waals surface area contributed by atoms with Gasteiger partial charge < -0.3 is 17.4 Å². The van der Waals surface area contributed by atoms with Crippen LogP contribution in [0.25, 0.3) is 0 Å². The van der Waals surface area contributed by atoms with Crippen LogP contribution < -0.4 is 57.1 Å². The summed E-state index contributed by atoms with van der Waals surface area (Å²) in [5.74, 6) is -1.65. The SMILES string of the molecule is CCCCCCCC/C=C\CCCCCCCC(=O)O.Nc1ccccc1C(=O)O.[Cu].[H-].[K+]. The Hall–Kier alpha value is -0.144. The van der Waals surface area contributed by atoms with Gasteiger partial charge in [-0.2, -0.15) is 0 Å². The van der Waals surface area contributed by atoms with E-state index in [2.05, 4.69) is 19.1 Å². The minimum Gasteiger partial charge on any atom is -1.00 e. The van der Waals surface area contributed by atoms with Crippen LogP contribution in [0, 0.1) is 0 Å². The number of carboxylic acid groups (broad SMARTS) is 2. The standard InChI is InChI=1S/C18H34O2.C7H7NO2.Cu.K.H/c1-2-3-4-5-6-7-8-9-10-11-12-13-14-15-16-17-18(19)20;8-6-4-2-1-3-5(6)7(9)10;;;/h9-10H,2-8,11-17H2,1H3,(H,19,20);1-4H,8H2,(H,9,10);;;/q;;;+1;-1/b10-9-;;;;. The second kappa shape index (κ2) is 27.1. The minimum absolute atomic E-state index is 0. The number of nitrogens with two attached hydrogens (primary N) is 1. The van der Waals surface area contributed by atoms with Gasteiger partial charge in [0.05, 0.1) is 5.56 Å². The smallest absolute Gasteiger partial charge is 1.00 e. The van der Waals surface area contributed by atoms with Crippen LogP contribution in [0.4, 0.5) is 5.69 Å². The van der Waals surface area contributed by atoms with Gasteiger partial charge in [-0.25, -0.2) is 4.79 Å². The molecule has 0 heterocycles. The fraction of sp³-hybridized carbons (Fsp3) is 0.600. The first kappa shape index (κ1) is 36.4. The monoisotopic (exact) mass is 522 g/mol. The molecule has 0 amide bonds. The molecule has 0 aliphatic rings. The molecule has 0 spiro atoms. The first-order chi connectivity index (χ1) is 14.5. The van der Waals surface area contributed by atoms with Crippen LogP contribution in [0.1, 0.15) is 109 Å². The van der Waals surface area contributed by atoms with E-state index in [4.69, 9.17) is 15.9 Å². The van der Waals surface area contributed by atoms with Gasteiger partial charge in [0.15, 0.2) is 0 Å². The summed E-state index contributed by atoms with van der Waals surface area (Å²) < 4.78 is 0. The minimum atomic E-state index is -0.988. The van der Waals surface area contributed by atoms with Crippen molar-refractivity contribution >= 4 is 17.6 Å². The van der Waals surface area contributed by atoms with Crippen molar-refractivity contribution in [2.24, 2.45) is 0 Å². The number of anilines is 1. The number of unbranched alkanes of at least 4 members (excludes halogenated alkanes) is 11. The maximum Gasteiger partial charge on any atom is 1.00 e. The van der Waals surface area contributed by atoms with Crippen molar-refractivity contribution < 1.29 is 89.7 Å². The average Bonchev–Trinajstić information content (AvgIpc) is 2.71. The number of allylic oxidation sites excluding steroid dienone is 2. The van der Waals surface area contributed by atoms with E-state index < -0.39 is 11.9 Å². The summed E-state index contributed by atoms with van der Waals surface area (Å²) >= 11 is 0. The second-order valence-corrected chi connectivity index (χ2v) is 7.62. The topological polar surface area (TPSA) is 101 Å². The van der Waals surface area contributed by atoms with E-state index in [-0.39, 0.29) is 75.4 Å². The molecule has 1 aromatic carbocycles. The van der Waals surface area contributed by atoms with Crippen molar-refractivity contribution in [2.75, 3.05) is 5.73 Å². The largest absolute Gasteiger partial charge is 1.00 e. The molecule has 0 bridgehead atoms. The van der Waals surface area contributed by atoms with E-state index in [1.165, 1.54) is 76.7 Å². The third kappa shape index (κ3) is 24.5. The molecule has 0 fully saturated rings. The number of aromatic carboxylic acids is 1. The maximum atomic E-state index is 10.3. The van der Waals surface area contributed by atoms with Gasteiger partial charge in [0.2, 0.25) is 0 Å². The van der Waals surface area contributed by atoms with E-state index in [0.717, 1.165) is 12.8 Å². The Labute approximate surface area is 249 Å². The van der Waals surface area contributed by atoms with Crippen molar-refractivity contribution in [2.45, 2.75) is 96.8 Å². The summed E-state index contributed by atoms with van der Waals surface area (Å²) in [6.07, 6.45) is 21.2. The number of nitrogen functional groups attached to an aromatic ring is 1. The van der Waals surface area contributed by atoms with Crippen LogP contribution in [-0.4, -0.2) is 22.2 Å². The van der Waals surface area contributed by atoms with E-state index in [1.807, 2.05) is 0 Å². The number of rotatable bonds is 16. The van der Waals surface area contributed by atoms with Crippen molar-refractivity contribution in [3.63, 3.8) is 0 Å². The molecule has 0 saturated heterocycles. The molecule has 0 unspecified atom stereocenters. The summed E-state index contributed by atoms with van der Waals surface area (Å²) in [5, 5.41) is 17.0. The predicted octanol–water partition coefficient (Wildman–Crippen LogP) is 4.19. The van der Waals surface area contributed by atoms with Crippen LogP contribution in [0.15, 0.2) is 36.4 Å². The zero-order valence-corrected chi connectivity index (χ0v) is 24.0. The van der Waals surface area contributed by atoms with Gasteiger partial charge in [0, 0.05) is 29.2 Å². The molecule has 0 aliphatic carbocycles. The molecule has 5 nitrogen and oxygen atoms in total. The number of para-hydroxylation sites is 1. The van der Waals surface area contributed by atoms with E-state index in [9.17, 15) is 9.59 Å². The maximum absolute atomic E-state index is 10.3. The quantitative estimate of drug-likeness (QED) is 0.131. The Morgan fingerprint density at radius 2 is 1.31 bits per heavy atom. The number of benzene rings is 1. The molecule has 32 heavy (non-hydrogen) atoms. The van der Waals surface area contributed by atoms with Gasteiger partial charge >= 0.3 is 63.3 Å². The molecular formula is C25H42CuKNO4. The molecular weight excluding hydrogens is 481 g/mol. The number of carbonyl (C=O) groups is 2. The van der Waals surface area contributed by atoms with Gasteiger partial charge in [-0.1, -0.05) is 82.6 Å². The van der Waals surface area contributed by atoms with Crippen LogP contribution in [-0.2, 0) is 21.9 Å². The van der Waals surface area contributed by atoms with Crippen LogP contribution in [0.2, 0.25) is 0 Å². The van der Waals surface area contributed by atoms with Gasteiger partial charge in [-0.15, -0.1) is 0 Å². The zero-order valence-electron chi connectivity index (χ0n) is 21.0. The first-order valence-corrected chi connectivity index (χ1v) is 11.4. The first-order valence-electron chi connectivity index (χ1n) is 11.4. The molecule has 4 N–H and O–H groups in total. The molecule has 0 aliphatic heterocycles. The normalized spacial score (nSPS) is 9.91. The Bertz CT molecular complexity index is 618. The summed E-state index contributed by atoms with van der Waals surface area (Å²) in [5.41, 5.74) is 5.80. The molecule has 0 aromatic heterocycles. The Morgan fingerprint density at radius 1 is 0.844 bits per heavy atom. The molecule has 1 aromatic rings. The van der Waals surface area contributed by atoms with Gasteiger partial charge in [-0.3, -0.25) is 4.79 Å². The van der Waals surface area contributed by atoms with Gasteiger partial charge in [-0.05, 0) is 44.2 Å². The number of aliphatic carboxylic acids is 1. The second-order valence-electron chi connectivity index (χ2n) is 7.62. The summed E-state index contributed by atoms with van der Waals surface area (Å²) in [7, 11) is 0. The van der Waals surface area contributed by atoms with Crippen molar-refractivity contribution in [1.29, 1.82) is 0 Å². The van der Waals surface area contributed by atoms with Crippen LogP contribution in [0.3, 0.4) is 0 Å². The van der Waals surface area contributed by atoms with E-state index in [0.29, 0.717) is 12.1 Å². The molecule has 1 rings (SSSR count). The Morgan fingerprint density at radius 3 is 1.75 bits per heavy atom. The van der Waals surface area contributed by atoms with Crippen LogP contribution in [0.5, 0.6) is 0 Å². The van der Waals surface area contributed by atoms with E-state index in [1.54, 1.807) is 18.2 Å². The fourth-order valence-electron chi connectivity index (χ4n) is 3.04. The average molecular weight is 523 g/mol.